The zero-order valence-electron chi connectivity index (χ0n) is 10.4. The number of rotatable bonds is 5. The summed E-state index contributed by atoms with van der Waals surface area (Å²) in [5.74, 6) is -0.121. The van der Waals surface area contributed by atoms with E-state index in [0.717, 1.165) is 15.7 Å². The summed E-state index contributed by atoms with van der Waals surface area (Å²) in [5, 5.41) is 2.77. The Hall–Kier alpha value is -0.880. The van der Waals surface area contributed by atoms with Crippen LogP contribution < -0.4 is 5.32 Å². The van der Waals surface area contributed by atoms with Crippen LogP contribution in [0.15, 0.2) is 22.7 Å². The van der Waals surface area contributed by atoms with Crippen LogP contribution in [0.5, 0.6) is 0 Å². The molecule has 0 heterocycles. The third-order valence-electron chi connectivity index (χ3n) is 2.38. The van der Waals surface area contributed by atoms with Gasteiger partial charge in [0.2, 0.25) is 5.91 Å². The van der Waals surface area contributed by atoms with E-state index in [-0.39, 0.29) is 18.1 Å². The summed E-state index contributed by atoms with van der Waals surface area (Å²) in [5.41, 5.74) is 1.71. The standard InChI is InChI=1S/C12H16BrNO3S/c1-9-8-10(13)5-6-11(9)14-12(15)4-3-7-18(2,16)17/h5-6,8H,3-4,7H2,1-2H3,(H,14,15). The third-order valence-corrected chi connectivity index (χ3v) is 3.91. The smallest absolute Gasteiger partial charge is 0.224 e. The van der Waals surface area contributed by atoms with Gasteiger partial charge >= 0.3 is 0 Å². The number of aryl methyl sites for hydroxylation is 1. The molecule has 1 rings (SSSR count). The van der Waals surface area contributed by atoms with Gasteiger partial charge in [-0.15, -0.1) is 0 Å². The molecule has 1 N–H and O–H groups in total. The number of hydrogen-bond donors (Lipinski definition) is 1. The number of halogens is 1. The molecule has 0 aliphatic carbocycles. The van der Waals surface area contributed by atoms with Crippen LogP contribution in [-0.4, -0.2) is 26.3 Å². The van der Waals surface area contributed by atoms with Gasteiger partial charge in [-0.2, -0.15) is 0 Å². The van der Waals surface area contributed by atoms with Gasteiger partial charge in [0.15, 0.2) is 0 Å². The molecular weight excluding hydrogens is 318 g/mol. The van der Waals surface area contributed by atoms with Gasteiger partial charge in [-0.05, 0) is 37.1 Å². The predicted octanol–water partition coefficient (Wildman–Crippen LogP) is 2.52. The number of anilines is 1. The number of hydrogen-bond acceptors (Lipinski definition) is 3. The van der Waals surface area contributed by atoms with E-state index in [1.165, 1.54) is 6.26 Å². The van der Waals surface area contributed by atoms with Gasteiger partial charge in [0.1, 0.15) is 9.84 Å². The number of carbonyl (C=O) groups excluding carboxylic acids is 1. The van der Waals surface area contributed by atoms with E-state index in [1.54, 1.807) is 0 Å². The first kappa shape index (κ1) is 15.2. The Morgan fingerprint density at radius 2 is 2.06 bits per heavy atom. The molecular formula is C12H16BrNO3S. The highest BCUT2D eigenvalue weighted by Gasteiger charge is 2.07. The second kappa shape index (κ2) is 6.33. The van der Waals surface area contributed by atoms with E-state index < -0.39 is 9.84 Å². The second-order valence-corrected chi connectivity index (χ2v) is 7.42. The molecule has 0 aliphatic rings. The van der Waals surface area contributed by atoms with Crippen molar-refractivity contribution in [1.82, 2.24) is 0 Å². The molecule has 0 spiro atoms. The number of nitrogens with one attached hydrogen (secondary N) is 1. The normalized spacial score (nSPS) is 11.3. The lowest BCUT2D eigenvalue weighted by Gasteiger charge is -2.08. The third kappa shape index (κ3) is 5.64. The quantitative estimate of drug-likeness (QED) is 0.900. The highest BCUT2D eigenvalue weighted by atomic mass is 79.9. The zero-order chi connectivity index (χ0) is 13.8. The van der Waals surface area contributed by atoms with E-state index in [1.807, 2.05) is 25.1 Å². The number of amides is 1. The first-order valence-electron chi connectivity index (χ1n) is 5.51. The molecule has 4 nitrogen and oxygen atoms in total. The van der Waals surface area contributed by atoms with Crippen molar-refractivity contribution in [2.24, 2.45) is 0 Å². The highest BCUT2D eigenvalue weighted by Crippen LogP contribution is 2.20. The molecule has 1 amide bonds. The van der Waals surface area contributed by atoms with Crippen molar-refractivity contribution in [3.63, 3.8) is 0 Å². The molecule has 0 aliphatic heterocycles. The summed E-state index contributed by atoms with van der Waals surface area (Å²) >= 11 is 3.35. The maximum absolute atomic E-state index is 11.6. The maximum Gasteiger partial charge on any atom is 0.224 e. The molecule has 0 aromatic heterocycles. The first-order chi connectivity index (χ1) is 8.28. The SMILES string of the molecule is Cc1cc(Br)ccc1NC(=O)CCCS(C)(=O)=O. The fourth-order valence-corrected chi connectivity index (χ4v) is 2.62. The van der Waals surface area contributed by atoms with E-state index in [4.69, 9.17) is 0 Å². The van der Waals surface area contributed by atoms with Crippen molar-refractivity contribution in [2.45, 2.75) is 19.8 Å². The molecule has 1 aromatic carbocycles. The van der Waals surface area contributed by atoms with Crippen molar-refractivity contribution < 1.29 is 13.2 Å². The van der Waals surface area contributed by atoms with E-state index in [0.29, 0.717) is 6.42 Å². The number of benzene rings is 1. The highest BCUT2D eigenvalue weighted by molar-refractivity contribution is 9.10. The maximum atomic E-state index is 11.6. The molecule has 1 aromatic rings. The Morgan fingerprint density at radius 1 is 1.39 bits per heavy atom. The molecule has 0 unspecified atom stereocenters. The van der Waals surface area contributed by atoms with Crippen molar-refractivity contribution in [1.29, 1.82) is 0 Å². The summed E-state index contributed by atoms with van der Waals surface area (Å²) in [7, 11) is -2.99. The van der Waals surface area contributed by atoms with Gasteiger partial charge in [0, 0.05) is 22.8 Å². The minimum absolute atomic E-state index is 0.0414. The van der Waals surface area contributed by atoms with E-state index in [9.17, 15) is 13.2 Å². The van der Waals surface area contributed by atoms with Gasteiger partial charge in [-0.25, -0.2) is 8.42 Å². The molecule has 100 valence electrons. The summed E-state index contributed by atoms with van der Waals surface area (Å²) < 4.78 is 22.8. The number of sulfone groups is 1. The van der Waals surface area contributed by atoms with E-state index >= 15 is 0 Å². The molecule has 0 radical (unpaired) electrons. The van der Waals surface area contributed by atoms with Crippen LogP contribution in [0.2, 0.25) is 0 Å². The summed E-state index contributed by atoms with van der Waals surface area (Å²) in [4.78, 5) is 11.6. The Morgan fingerprint density at radius 3 is 2.61 bits per heavy atom. The fraction of sp³-hybridized carbons (Fsp3) is 0.417. The Bertz CT molecular complexity index is 540. The minimum Gasteiger partial charge on any atom is -0.326 e. The van der Waals surface area contributed by atoms with Crippen LogP contribution in [0.25, 0.3) is 0 Å². The Balaban J connectivity index is 2.50. The van der Waals surface area contributed by atoms with Gasteiger partial charge in [0.05, 0.1) is 5.75 Å². The molecule has 0 saturated heterocycles. The molecule has 0 atom stereocenters. The van der Waals surface area contributed by atoms with Crippen LogP contribution >= 0.6 is 15.9 Å². The topological polar surface area (TPSA) is 63.2 Å². The average molecular weight is 334 g/mol. The zero-order valence-corrected chi connectivity index (χ0v) is 12.8. The molecule has 6 heteroatoms. The van der Waals surface area contributed by atoms with Crippen LogP contribution in [0.3, 0.4) is 0 Å². The van der Waals surface area contributed by atoms with Gasteiger partial charge in [0.25, 0.3) is 0 Å². The first-order valence-corrected chi connectivity index (χ1v) is 8.37. The number of carbonyl (C=O) groups is 1. The summed E-state index contributed by atoms with van der Waals surface area (Å²) in [6, 6.07) is 5.57. The van der Waals surface area contributed by atoms with Crippen molar-refractivity contribution in [2.75, 3.05) is 17.3 Å². The lowest BCUT2D eigenvalue weighted by Crippen LogP contribution is -2.14. The fourth-order valence-electron chi connectivity index (χ4n) is 1.47. The van der Waals surface area contributed by atoms with Crippen molar-refractivity contribution >= 4 is 37.4 Å². The van der Waals surface area contributed by atoms with E-state index in [2.05, 4.69) is 21.2 Å². The lowest BCUT2D eigenvalue weighted by atomic mass is 10.2. The molecule has 18 heavy (non-hydrogen) atoms. The van der Waals surface area contributed by atoms with Crippen LogP contribution in [0.4, 0.5) is 5.69 Å². The summed E-state index contributed by atoms with van der Waals surface area (Å²) in [6.45, 7) is 1.90. The Labute approximate surface area is 116 Å². The average Bonchev–Trinajstić information content (AvgIpc) is 2.20. The van der Waals surface area contributed by atoms with Crippen molar-refractivity contribution in [3.8, 4) is 0 Å². The van der Waals surface area contributed by atoms with Crippen LogP contribution in [0, 0.1) is 6.92 Å². The second-order valence-electron chi connectivity index (χ2n) is 4.24. The van der Waals surface area contributed by atoms with Gasteiger partial charge in [-0.3, -0.25) is 4.79 Å². The molecule has 0 fully saturated rings. The van der Waals surface area contributed by atoms with Gasteiger partial charge in [-0.1, -0.05) is 15.9 Å². The molecule has 0 bridgehead atoms. The largest absolute Gasteiger partial charge is 0.326 e. The minimum atomic E-state index is -2.99. The van der Waals surface area contributed by atoms with Crippen LogP contribution in [0.1, 0.15) is 18.4 Å². The van der Waals surface area contributed by atoms with Crippen LogP contribution in [-0.2, 0) is 14.6 Å². The predicted molar refractivity (Wildman–Crippen MR) is 76.5 cm³/mol. The Kier molecular flexibility index (Phi) is 5.34. The van der Waals surface area contributed by atoms with Crippen molar-refractivity contribution in [3.05, 3.63) is 28.2 Å². The molecule has 0 saturated carbocycles. The summed E-state index contributed by atoms with van der Waals surface area (Å²) in [6.07, 6.45) is 1.73. The van der Waals surface area contributed by atoms with Gasteiger partial charge < -0.3 is 5.32 Å². The monoisotopic (exact) mass is 333 g/mol. The lowest BCUT2D eigenvalue weighted by molar-refractivity contribution is -0.116.